The summed E-state index contributed by atoms with van der Waals surface area (Å²) in [4.78, 5) is 39.5. The van der Waals surface area contributed by atoms with E-state index in [4.69, 9.17) is 9.47 Å². The van der Waals surface area contributed by atoms with Gasteiger partial charge in [0.05, 0.1) is 18.7 Å². The smallest absolute Gasteiger partial charge is 0.311 e. The summed E-state index contributed by atoms with van der Waals surface area (Å²) in [6.45, 7) is 1.85. The van der Waals surface area contributed by atoms with E-state index in [1.54, 1.807) is 36.6 Å². The molecule has 0 atom stereocenters. The summed E-state index contributed by atoms with van der Waals surface area (Å²) in [7, 11) is 0. The monoisotopic (exact) mass is 403 g/mol. The molecular formula is C19H21N3O5S. The number of amides is 2. The van der Waals surface area contributed by atoms with E-state index in [1.165, 1.54) is 11.3 Å². The van der Waals surface area contributed by atoms with Crippen LogP contribution in [0.25, 0.3) is 0 Å². The lowest BCUT2D eigenvalue weighted by atomic mass is 10.3. The van der Waals surface area contributed by atoms with Gasteiger partial charge in [-0.15, -0.1) is 11.3 Å². The Morgan fingerprint density at radius 3 is 2.82 bits per heavy atom. The van der Waals surface area contributed by atoms with Gasteiger partial charge in [0.1, 0.15) is 5.75 Å². The number of esters is 1. The molecule has 1 fully saturated rings. The molecule has 1 saturated carbocycles. The Hall–Kier alpha value is -2.94. The molecule has 2 amide bonds. The highest BCUT2D eigenvalue weighted by atomic mass is 32.1. The SMILES string of the molecule is CCOC(=O)Cc1csc(NC(=O)COc2cccc(NC(=O)C3CC3)c2)n1. The fourth-order valence-corrected chi connectivity index (χ4v) is 3.09. The Kier molecular flexibility index (Phi) is 6.59. The van der Waals surface area contributed by atoms with Gasteiger partial charge in [-0.05, 0) is 31.9 Å². The molecule has 1 aliphatic rings. The van der Waals surface area contributed by atoms with Crippen molar-refractivity contribution in [2.45, 2.75) is 26.2 Å². The Bertz CT molecular complexity index is 863. The molecule has 0 saturated heterocycles. The average Bonchev–Trinajstić information content (AvgIpc) is 3.43. The predicted molar refractivity (Wildman–Crippen MR) is 104 cm³/mol. The number of ether oxygens (including phenoxy) is 2. The lowest BCUT2D eigenvalue weighted by Crippen LogP contribution is -2.20. The molecule has 0 aliphatic heterocycles. The fourth-order valence-electron chi connectivity index (χ4n) is 2.36. The molecule has 0 radical (unpaired) electrons. The number of anilines is 2. The van der Waals surface area contributed by atoms with Gasteiger partial charge < -0.3 is 14.8 Å². The summed E-state index contributed by atoms with van der Waals surface area (Å²) in [6, 6.07) is 6.90. The lowest BCUT2D eigenvalue weighted by molar-refractivity contribution is -0.142. The zero-order chi connectivity index (χ0) is 19.9. The molecule has 8 nitrogen and oxygen atoms in total. The molecular weight excluding hydrogens is 382 g/mol. The molecule has 0 bridgehead atoms. The number of carbonyl (C=O) groups is 3. The number of aromatic nitrogens is 1. The minimum absolute atomic E-state index is 0.0114. The van der Waals surface area contributed by atoms with E-state index in [0.717, 1.165) is 12.8 Å². The molecule has 9 heteroatoms. The molecule has 2 N–H and O–H groups in total. The molecule has 1 aromatic heterocycles. The van der Waals surface area contributed by atoms with Crippen molar-refractivity contribution in [2.75, 3.05) is 23.8 Å². The number of benzene rings is 1. The van der Waals surface area contributed by atoms with Crippen LogP contribution in [0.15, 0.2) is 29.6 Å². The quantitative estimate of drug-likeness (QED) is 0.624. The Balaban J connectivity index is 1.46. The van der Waals surface area contributed by atoms with Crippen molar-refractivity contribution in [1.29, 1.82) is 0 Å². The first-order valence-electron chi connectivity index (χ1n) is 8.97. The minimum atomic E-state index is -0.371. The van der Waals surface area contributed by atoms with Gasteiger partial charge in [-0.2, -0.15) is 0 Å². The molecule has 3 rings (SSSR count). The van der Waals surface area contributed by atoms with Crippen molar-refractivity contribution in [2.24, 2.45) is 5.92 Å². The van der Waals surface area contributed by atoms with E-state index in [0.29, 0.717) is 28.9 Å². The van der Waals surface area contributed by atoms with Crippen LogP contribution in [0.2, 0.25) is 0 Å². The van der Waals surface area contributed by atoms with Gasteiger partial charge >= 0.3 is 5.97 Å². The maximum atomic E-state index is 12.0. The van der Waals surface area contributed by atoms with Crippen LogP contribution in [-0.2, 0) is 25.5 Å². The number of thiazole rings is 1. The second-order valence-electron chi connectivity index (χ2n) is 6.25. The van der Waals surface area contributed by atoms with Crippen molar-refractivity contribution in [3.05, 3.63) is 35.3 Å². The van der Waals surface area contributed by atoms with Crippen LogP contribution < -0.4 is 15.4 Å². The van der Waals surface area contributed by atoms with Crippen LogP contribution in [-0.4, -0.2) is 36.0 Å². The summed E-state index contributed by atoms with van der Waals surface area (Å²) >= 11 is 1.22. The second kappa shape index (κ2) is 9.32. The third-order valence-corrected chi connectivity index (χ3v) is 4.66. The highest BCUT2D eigenvalue weighted by Crippen LogP contribution is 2.30. The summed E-state index contributed by atoms with van der Waals surface area (Å²) < 4.78 is 10.3. The summed E-state index contributed by atoms with van der Waals surface area (Å²) in [5.74, 6) is -0.127. The first-order valence-corrected chi connectivity index (χ1v) is 9.85. The van der Waals surface area contributed by atoms with E-state index in [-0.39, 0.29) is 36.7 Å². The van der Waals surface area contributed by atoms with Crippen LogP contribution in [0.1, 0.15) is 25.5 Å². The van der Waals surface area contributed by atoms with E-state index >= 15 is 0 Å². The molecule has 1 aliphatic carbocycles. The van der Waals surface area contributed by atoms with Crippen molar-refractivity contribution in [1.82, 2.24) is 4.98 Å². The number of rotatable bonds is 9. The van der Waals surface area contributed by atoms with Crippen LogP contribution in [0.4, 0.5) is 10.8 Å². The van der Waals surface area contributed by atoms with E-state index in [2.05, 4.69) is 15.6 Å². The Labute approximate surface area is 166 Å². The fraction of sp³-hybridized carbons (Fsp3) is 0.368. The number of hydrogen-bond donors (Lipinski definition) is 2. The van der Waals surface area contributed by atoms with Crippen LogP contribution in [0.3, 0.4) is 0 Å². The maximum Gasteiger partial charge on any atom is 0.311 e. The van der Waals surface area contributed by atoms with Gasteiger partial charge in [-0.1, -0.05) is 6.07 Å². The van der Waals surface area contributed by atoms with Crippen molar-refractivity contribution >= 4 is 39.9 Å². The van der Waals surface area contributed by atoms with Crippen molar-refractivity contribution < 1.29 is 23.9 Å². The molecule has 148 valence electrons. The number of carbonyl (C=O) groups excluding carboxylic acids is 3. The minimum Gasteiger partial charge on any atom is -0.484 e. The van der Waals surface area contributed by atoms with Crippen LogP contribution in [0, 0.1) is 5.92 Å². The zero-order valence-corrected chi connectivity index (χ0v) is 16.2. The molecule has 0 spiro atoms. The second-order valence-corrected chi connectivity index (χ2v) is 7.11. The van der Waals surface area contributed by atoms with E-state index < -0.39 is 0 Å². The van der Waals surface area contributed by atoms with Crippen molar-refractivity contribution in [3.8, 4) is 5.75 Å². The lowest BCUT2D eigenvalue weighted by Gasteiger charge is -2.08. The Morgan fingerprint density at radius 1 is 1.25 bits per heavy atom. The van der Waals surface area contributed by atoms with Crippen molar-refractivity contribution in [3.63, 3.8) is 0 Å². The normalized spacial score (nSPS) is 12.9. The predicted octanol–water partition coefficient (Wildman–Crippen LogP) is 2.61. The molecule has 1 aromatic carbocycles. The van der Waals surface area contributed by atoms with E-state index in [1.807, 2.05) is 0 Å². The highest BCUT2D eigenvalue weighted by molar-refractivity contribution is 7.13. The van der Waals surface area contributed by atoms with E-state index in [9.17, 15) is 14.4 Å². The first kappa shape index (κ1) is 19.8. The Morgan fingerprint density at radius 2 is 2.07 bits per heavy atom. The average molecular weight is 403 g/mol. The first-order chi connectivity index (χ1) is 13.5. The zero-order valence-electron chi connectivity index (χ0n) is 15.4. The number of nitrogens with one attached hydrogen (secondary N) is 2. The standard InChI is InChI=1S/C19H21N3O5S/c1-2-26-17(24)9-14-11-28-19(21-14)22-16(23)10-27-15-5-3-4-13(8-15)20-18(25)12-6-7-12/h3-5,8,11-12H,2,6-7,9-10H2,1H3,(H,20,25)(H,21,22,23). The van der Waals surface area contributed by atoms with Crippen LogP contribution >= 0.6 is 11.3 Å². The summed E-state index contributed by atoms with van der Waals surface area (Å²) in [6.07, 6.45) is 1.93. The van der Waals surface area contributed by atoms with Gasteiger partial charge in [0, 0.05) is 23.1 Å². The number of hydrogen-bond acceptors (Lipinski definition) is 7. The molecule has 0 unspecified atom stereocenters. The summed E-state index contributed by atoms with van der Waals surface area (Å²) in [5, 5.41) is 7.54. The van der Waals surface area contributed by atoms with Gasteiger partial charge in [0.15, 0.2) is 11.7 Å². The molecule has 1 heterocycles. The van der Waals surface area contributed by atoms with Gasteiger partial charge in [0.2, 0.25) is 5.91 Å². The highest BCUT2D eigenvalue weighted by Gasteiger charge is 2.29. The van der Waals surface area contributed by atoms with Crippen LogP contribution in [0.5, 0.6) is 5.75 Å². The maximum absolute atomic E-state index is 12.0. The van der Waals surface area contributed by atoms with Gasteiger partial charge in [0.25, 0.3) is 5.91 Å². The van der Waals surface area contributed by atoms with Gasteiger partial charge in [-0.25, -0.2) is 4.98 Å². The van der Waals surface area contributed by atoms with Gasteiger partial charge in [-0.3, -0.25) is 19.7 Å². The molecule has 28 heavy (non-hydrogen) atoms. The number of nitrogens with zero attached hydrogens (tertiary/aromatic N) is 1. The third kappa shape index (κ3) is 6.05. The molecule has 2 aromatic rings. The largest absolute Gasteiger partial charge is 0.484 e. The third-order valence-electron chi connectivity index (χ3n) is 3.85. The topological polar surface area (TPSA) is 107 Å². The summed E-state index contributed by atoms with van der Waals surface area (Å²) in [5.41, 5.74) is 1.18.